The van der Waals surface area contributed by atoms with E-state index in [2.05, 4.69) is 10.3 Å². The first-order chi connectivity index (χ1) is 14.1. The highest BCUT2D eigenvalue weighted by molar-refractivity contribution is 7.13. The van der Waals surface area contributed by atoms with Crippen molar-refractivity contribution in [2.75, 3.05) is 13.2 Å². The molecular weight excluding hydrogens is 390 g/mol. The maximum absolute atomic E-state index is 12.8. The summed E-state index contributed by atoms with van der Waals surface area (Å²) in [4.78, 5) is 42.0. The summed E-state index contributed by atoms with van der Waals surface area (Å²) in [6.45, 7) is -0.288. The number of hydrogen-bond acceptors (Lipinski definition) is 6. The number of ether oxygens (including phenoxy) is 1. The van der Waals surface area contributed by atoms with Crippen LogP contribution >= 0.6 is 11.3 Å². The van der Waals surface area contributed by atoms with E-state index in [0.29, 0.717) is 0 Å². The molecule has 1 aliphatic heterocycles. The monoisotopic (exact) mass is 407 g/mol. The van der Waals surface area contributed by atoms with Crippen molar-refractivity contribution >= 4 is 29.2 Å². The third-order valence-corrected chi connectivity index (χ3v) is 5.36. The Morgan fingerprint density at radius 3 is 2.45 bits per heavy atom. The van der Waals surface area contributed by atoms with Crippen LogP contribution in [0.15, 0.2) is 66.0 Å². The number of hydrogen-bond donors (Lipinski definition) is 1. The van der Waals surface area contributed by atoms with Crippen LogP contribution in [0.2, 0.25) is 0 Å². The van der Waals surface area contributed by atoms with E-state index in [9.17, 15) is 14.4 Å². The Balaban J connectivity index is 1.54. The predicted octanol–water partition coefficient (Wildman–Crippen LogP) is 3.26. The zero-order valence-electron chi connectivity index (χ0n) is 15.3. The average Bonchev–Trinajstić information content (AvgIpc) is 3.37. The summed E-state index contributed by atoms with van der Waals surface area (Å²) in [6, 6.07) is 18.2. The molecule has 1 aromatic heterocycles. The number of aromatic nitrogens is 1. The van der Waals surface area contributed by atoms with E-state index in [4.69, 9.17) is 4.74 Å². The lowest BCUT2D eigenvalue weighted by atomic mass is 10.1. The van der Waals surface area contributed by atoms with Crippen LogP contribution in [0.25, 0.3) is 10.6 Å². The fourth-order valence-electron chi connectivity index (χ4n) is 2.98. The Labute approximate surface area is 170 Å². The molecule has 3 amide bonds. The molecule has 29 heavy (non-hydrogen) atoms. The lowest BCUT2D eigenvalue weighted by Crippen LogP contribution is -2.40. The second-order valence-electron chi connectivity index (χ2n) is 6.40. The van der Waals surface area contributed by atoms with E-state index in [1.165, 1.54) is 11.3 Å². The van der Waals surface area contributed by atoms with E-state index in [1.54, 1.807) is 5.38 Å². The van der Waals surface area contributed by atoms with Crippen molar-refractivity contribution < 1.29 is 19.1 Å². The molecule has 2 aromatic carbocycles. The van der Waals surface area contributed by atoms with Crippen molar-refractivity contribution in [2.24, 2.45) is 0 Å². The molecule has 1 atom stereocenters. The third-order valence-electron chi connectivity index (χ3n) is 4.47. The fourth-order valence-corrected chi connectivity index (χ4v) is 3.79. The van der Waals surface area contributed by atoms with Crippen molar-refractivity contribution in [1.82, 2.24) is 15.2 Å². The SMILES string of the molecule is O=C(NC(CN1C(=O)COC1=O)c1ccccc1)c1csc(-c2ccccc2)n1. The molecule has 1 aliphatic rings. The van der Waals surface area contributed by atoms with Gasteiger partial charge in [-0.3, -0.25) is 9.59 Å². The second-order valence-corrected chi connectivity index (χ2v) is 7.26. The molecule has 7 nitrogen and oxygen atoms in total. The van der Waals surface area contributed by atoms with Crippen LogP contribution in [-0.4, -0.2) is 40.9 Å². The Morgan fingerprint density at radius 2 is 1.79 bits per heavy atom. The van der Waals surface area contributed by atoms with Crippen LogP contribution in [0.4, 0.5) is 4.79 Å². The Bertz CT molecular complexity index is 1020. The van der Waals surface area contributed by atoms with E-state index >= 15 is 0 Å². The predicted molar refractivity (Wildman–Crippen MR) is 107 cm³/mol. The second kappa shape index (κ2) is 8.24. The minimum absolute atomic E-state index is 0.0108. The third kappa shape index (κ3) is 4.17. The van der Waals surface area contributed by atoms with Crippen LogP contribution in [0.1, 0.15) is 22.1 Å². The van der Waals surface area contributed by atoms with E-state index in [0.717, 1.165) is 21.0 Å². The summed E-state index contributed by atoms with van der Waals surface area (Å²) >= 11 is 1.38. The molecule has 1 fully saturated rings. The van der Waals surface area contributed by atoms with Crippen LogP contribution in [0.5, 0.6) is 0 Å². The van der Waals surface area contributed by atoms with Gasteiger partial charge in [-0.15, -0.1) is 11.3 Å². The van der Waals surface area contributed by atoms with Crippen molar-refractivity contribution in [3.05, 3.63) is 77.3 Å². The lowest BCUT2D eigenvalue weighted by molar-refractivity contribution is -0.126. The number of amides is 3. The standard InChI is InChI=1S/C21H17N3O4S/c25-18-12-28-21(27)24(18)11-16(14-7-3-1-4-8-14)22-19(26)17-13-29-20(23-17)15-9-5-2-6-10-15/h1-10,13,16H,11-12H2,(H,22,26). The number of imide groups is 1. The van der Waals surface area contributed by atoms with Gasteiger partial charge in [-0.05, 0) is 5.56 Å². The number of cyclic esters (lactones) is 1. The number of carbonyl (C=O) groups excluding carboxylic acids is 3. The Morgan fingerprint density at radius 1 is 1.10 bits per heavy atom. The molecule has 1 N–H and O–H groups in total. The van der Waals surface area contributed by atoms with Crippen molar-refractivity contribution in [2.45, 2.75) is 6.04 Å². The van der Waals surface area contributed by atoms with Gasteiger partial charge >= 0.3 is 6.09 Å². The molecule has 0 radical (unpaired) electrons. The van der Waals surface area contributed by atoms with Gasteiger partial charge in [0.25, 0.3) is 11.8 Å². The molecule has 1 saturated heterocycles. The summed E-state index contributed by atoms with van der Waals surface area (Å²) in [7, 11) is 0. The molecule has 0 spiro atoms. The molecule has 1 unspecified atom stereocenters. The van der Waals surface area contributed by atoms with Gasteiger partial charge < -0.3 is 10.1 Å². The van der Waals surface area contributed by atoms with Gasteiger partial charge in [0.2, 0.25) is 0 Å². The molecule has 0 aliphatic carbocycles. The van der Waals surface area contributed by atoms with E-state index < -0.39 is 18.0 Å². The first-order valence-electron chi connectivity index (χ1n) is 8.95. The summed E-state index contributed by atoms with van der Waals surface area (Å²) in [5.74, 6) is -0.803. The number of nitrogens with zero attached hydrogens (tertiary/aromatic N) is 2. The van der Waals surface area contributed by atoms with E-state index in [1.807, 2.05) is 60.7 Å². The fraction of sp³-hybridized carbons (Fsp3) is 0.143. The number of rotatable bonds is 6. The lowest BCUT2D eigenvalue weighted by Gasteiger charge is -2.22. The quantitative estimate of drug-likeness (QED) is 0.678. The first-order valence-corrected chi connectivity index (χ1v) is 9.83. The molecule has 0 saturated carbocycles. The highest BCUT2D eigenvalue weighted by Gasteiger charge is 2.34. The topological polar surface area (TPSA) is 88.6 Å². The molecule has 146 valence electrons. The van der Waals surface area contributed by atoms with Gasteiger partial charge in [0.15, 0.2) is 6.61 Å². The van der Waals surface area contributed by atoms with Crippen molar-refractivity contribution in [3.8, 4) is 10.6 Å². The van der Waals surface area contributed by atoms with Gasteiger partial charge in [-0.1, -0.05) is 60.7 Å². The largest absolute Gasteiger partial charge is 0.439 e. The average molecular weight is 407 g/mol. The van der Waals surface area contributed by atoms with Gasteiger partial charge in [-0.2, -0.15) is 0 Å². The summed E-state index contributed by atoms with van der Waals surface area (Å²) < 4.78 is 4.77. The van der Waals surface area contributed by atoms with Gasteiger partial charge in [0.1, 0.15) is 10.7 Å². The van der Waals surface area contributed by atoms with Crippen LogP contribution in [0.3, 0.4) is 0 Å². The normalized spacial score (nSPS) is 14.6. The number of nitrogens with one attached hydrogen (secondary N) is 1. The van der Waals surface area contributed by atoms with Crippen LogP contribution in [-0.2, 0) is 9.53 Å². The van der Waals surface area contributed by atoms with E-state index in [-0.39, 0.29) is 24.8 Å². The Kier molecular flexibility index (Phi) is 5.35. The zero-order valence-corrected chi connectivity index (χ0v) is 16.1. The molecule has 4 rings (SSSR count). The van der Waals surface area contributed by atoms with Crippen molar-refractivity contribution in [1.29, 1.82) is 0 Å². The highest BCUT2D eigenvalue weighted by atomic mass is 32.1. The van der Waals surface area contributed by atoms with Gasteiger partial charge in [-0.25, -0.2) is 14.7 Å². The number of benzene rings is 2. The number of carbonyl (C=O) groups is 3. The van der Waals surface area contributed by atoms with Gasteiger partial charge in [0.05, 0.1) is 12.6 Å². The zero-order chi connectivity index (χ0) is 20.2. The molecule has 3 aromatic rings. The molecule has 0 bridgehead atoms. The van der Waals surface area contributed by atoms with Crippen LogP contribution < -0.4 is 5.32 Å². The molecule has 8 heteroatoms. The maximum Gasteiger partial charge on any atom is 0.417 e. The minimum atomic E-state index is -0.704. The summed E-state index contributed by atoms with van der Waals surface area (Å²) in [6.07, 6.45) is -0.704. The summed E-state index contributed by atoms with van der Waals surface area (Å²) in [5, 5.41) is 5.32. The molecular formula is C21H17N3O4S. The summed E-state index contributed by atoms with van der Waals surface area (Å²) in [5.41, 5.74) is 1.98. The first kappa shape index (κ1) is 18.8. The Hall–Kier alpha value is -3.52. The van der Waals surface area contributed by atoms with Crippen LogP contribution in [0, 0.1) is 0 Å². The van der Waals surface area contributed by atoms with Gasteiger partial charge in [0, 0.05) is 10.9 Å². The highest BCUT2D eigenvalue weighted by Crippen LogP contribution is 2.24. The minimum Gasteiger partial charge on any atom is -0.439 e. The maximum atomic E-state index is 12.8. The number of thiazole rings is 1. The van der Waals surface area contributed by atoms with Crippen molar-refractivity contribution in [3.63, 3.8) is 0 Å². The molecule has 2 heterocycles. The smallest absolute Gasteiger partial charge is 0.417 e.